The molecule has 2 amide bonds. The van der Waals surface area contributed by atoms with Crippen molar-refractivity contribution in [1.82, 2.24) is 4.90 Å². The molecule has 0 aromatic heterocycles. The number of likely N-dealkylation sites (tertiary alicyclic amines) is 1. The highest BCUT2D eigenvalue weighted by Gasteiger charge is 2.33. The number of hydrogen-bond acceptors (Lipinski definition) is 3. The quantitative estimate of drug-likeness (QED) is 0.562. The lowest BCUT2D eigenvalue weighted by Crippen LogP contribution is -3.30. The fourth-order valence-electron chi connectivity index (χ4n) is 4.00. The Hall–Kier alpha value is -2.12. The van der Waals surface area contributed by atoms with Crippen molar-refractivity contribution in [2.24, 2.45) is 0 Å². The Kier molecular flexibility index (Phi) is 6.68. The van der Waals surface area contributed by atoms with Gasteiger partial charge in [0, 0.05) is 13.1 Å². The molecule has 2 aliphatic rings. The minimum atomic E-state index is -0.134. The average molecular weight is 377 g/mol. The summed E-state index contributed by atoms with van der Waals surface area (Å²) in [5.41, 5.74) is 0.705. The van der Waals surface area contributed by atoms with Crippen LogP contribution in [0.1, 0.15) is 19.8 Å². The van der Waals surface area contributed by atoms with E-state index < -0.39 is 0 Å². The summed E-state index contributed by atoms with van der Waals surface area (Å²) in [6.07, 6.45) is 2.27. The van der Waals surface area contributed by atoms with E-state index in [4.69, 9.17) is 4.74 Å². The second-order valence-corrected chi connectivity index (χ2v) is 7.58. The van der Waals surface area contributed by atoms with Crippen molar-refractivity contribution in [1.29, 1.82) is 0 Å². The van der Waals surface area contributed by atoms with Crippen molar-refractivity contribution in [3.63, 3.8) is 0 Å². The third-order valence-electron chi connectivity index (χ3n) is 5.83. The lowest BCUT2D eigenvalue weighted by Gasteiger charge is -2.33. The van der Waals surface area contributed by atoms with E-state index in [2.05, 4.69) is 5.32 Å². The third kappa shape index (κ3) is 4.99. The summed E-state index contributed by atoms with van der Waals surface area (Å²) in [6.45, 7) is 8.08. The standard InChI is InChI=1S/C20H30N4O3/c1-16(20(26)21-17-7-3-4-8-18(17)27-2)23-13-11-22(12-14-23)15-19(25)24-9-5-6-10-24/h3-4,7-8,16H,5-6,9-15H2,1-2H3,(H,21,26)/p+2/t16-/m0/s1. The minimum absolute atomic E-state index is 0.00564. The first-order chi connectivity index (χ1) is 13.1. The molecule has 2 aliphatic heterocycles. The summed E-state index contributed by atoms with van der Waals surface area (Å²) in [5.74, 6) is 0.960. The van der Waals surface area contributed by atoms with Gasteiger partial charge < -0.3 is 24.8 Å². The molecule has 7 nitrogen and oxygen atoms in total. The number of nitrogens with zero attached hydrogens (tertiary/aromatic N) is 1. The van der Waals surface area contributed by atoms with Crippen LogP contribution < -0.4 is 19.9 Å². The van der Waals surface area contributed by atoms with Crippen molar-refractivity contribution in [2.45, 2.75) is 25.8 Å². The molecule has 0 spiro atoms. The molecular formula is C20H32N4O3+2. The maximum absolute atomic E-state index is 12.7. The molecule has 7 heteroatoms. The largest absolute Gasteiger partial charge is 0.495 e. The van der Waals surface area contributed by atoms with Gasteiger partial charge in [-0.2, -0.15) is 0 Å². The summed E-state index contributed by atoms with van der Waals surface area (Å²) in [4.78, 5) is 29.6. The smallest absolute Gasteiger partial charge is 0.282 e. The molecule has 1 atom stereocenters. The molecule has 2 saturated heterocycles. The normalized spacial score (nSPS) is 23.7. The Labute approximate surface area is 161 Å². The van der Waals surface area contributed by atoms with Crippen molar-refractivity contribution in [3.8, 4) is 5.75 Å². The van der Waals surface area contributed by atoms with Crippen LogP contribution in [0.15, 0.2) is 24.3 Å². The van der Waals surface area contributed by atoms with E-state index in [9.17, 15) is 9.59 Å². The highest BCUT2D eigenvalue weighted by Crippen LogP contribution is 2.22. The van der Waals surface area contributed by atoms with E-state index in [0.29, 0.717) is 18.0 Å². The highest BCUT2D eigenvalue weighted by molar-refractivity contribution is 5.94. The molecule has 1 aromatic carbocycles. The summed E-state index contributed by atoms with van der Waals surface area (Å²) in [5, 5.41) is 2.99. The number of methoxy groups -OCH3 is 1. The number of amides is 2. The minimum Gasteiger partial charge on any atom is -0.495 e. The lowest BCUT2D eigenvalue weighted by atomic mass is 10.2. The van der Waals surface area contributed by atoms with Crippen LogP contribution >= 0.6 is 0 Å². The summed E-state index contributed by atoms with van der Waals surface area (Å²) < 4.78 is 5.30. The van der Waals surface area contributed by atoms with Crippen molar-refractivity contribution >= 4 is 17.5 Å². The Morgan fingerprint density at radius 3 is 2.48 bits per heavy atom. The topological polar surface area (TPSA) is 67.5 Å². The number of piperazine rings is 1. The number of carbonyl (C=O) groups is 2. The molecule has 3 N–H and O–H groups in total. The highest BCUT2D eigenvalue weighted by atomic mass is 16.5. The molecule has 1 aromatic rings. The molecule has 3 rings (SSSR count). The van der Waals surface area contributed by atoms with Gasteiger partial charge in [-0.05, 0) is 31.9 Å². The predicted octanol–water partition coefficient (Wildman–Crippen LogP) is -1.57. The second kappa shape index (κ2) is 9.19. The molecule has 0 saturated carbocycles. The summed E-state index contributed by atoms with van der Waals surface area (Å²) in [6, 6.07) is 7.33. The first-order valence-electron chi connectivity index (χ1n) is 9.98. The zero-order chi connectivity index (χ0) is 19.2. The number of quaternary nitrogens is 2. The van der Waals surface area contributed by atoms with Crippen molar-refractivity contribution in [2.75, 3.05) is 58.2 Å². The number of hydrogen-bond donors (Lipinski definition) is 3. The van der Waals surface area contributed by atoms with Gasteiger partial charge in [0.1, 0.15) is 31.9 Å². The van der Waals surface area contributed by atoms with Crippen LogP contribution in [0, 0.1) is 0 Å². The Morgan fingerprint density at radius 2 is 1.81 bits per heavy atom. The summed E-state index contributed by atoms with van der Waals surface area (Å²) in [7, 11) is 1.60. The number of rotatable bonds is 6. The third-order valence-corrected chi connectivity index (χ3v) is 5.83. The van der Waals surface area contributed by atoms with Gasteiger partial charge in [0.2, 0.25) is 0 Å². The van der Waals surface area contributed by atoms with Gasteiger partial charge in [0.15, 0.2) is 12.6 Å². The van der Waals surface area contributed by atoms with Crippen LogP contribution in [-0.4, -0.2) is 75.7 Å². The zero-order valence-electron chi connectivity index (χ0n) is 16.4. The van der Waals surface area contributed by atoms with Crippen molar-refractivity contribution in [3.05, 3.63) is 24.3 Å². The first kappa shape index (κ1) is 19.6. The molecule has 2 fully saturated rings. The number of carbonyl (C=O) groups excluding carboxylic acids is 2. The van der Waals surface area contributed by atoms with Crippen molar-refractivity contribution < 1.29 is 24.1 Å². The average Bonchev–Trinajstić information content (AvgIpc) is 3.23. The van der Waals surface area contributed by atoms with Gasteiger partial charge in [-0.1, -0.05) is 12.1 Å². The van der Waals surface area contributed by atoms with E-state index in [1.165, 1.54) is 9.80 Å². The Balaban J connectivity index is 1.46. The molecule has 148 valence electrons. The van der Waals surface area contributed by atoms with Gasteiger partial charge in [-0.3, -0.25) is 9.59 Å². The molecule has 27 heavy (non-hydrogen) atoms. The van der Waals surface area contributed by atoms with E-state index in [1.807, 2.05) is 36.1 Å². The molecule has 0 radical (unpaired) electrons. The fraction of sp³-hybridized carbons (Fsp3) is 0.600. The van der Waals surface area contributed by atoms with E-state index in [1.54, 1.807) is 7.11 Å². The van der Waals surface area contributed by atoms with Crippen LogP contribution in [-0.2, 0) is 9.59 Å². The SMILES string of the molecule is COc1ccccc1NC(=O)[C@H](C)[NH+]1CC[NH+](CC(=O)N2CCCC2)CC1. The predicted molar refractivity (Wildman–Crippen MR) is 103 cm³/mol. The van der Waals surface area contributed by atoms with Gasteiger partial charge in [-0.25, -0.2) is 0 Å². The van der Waals surface area contributed by atoms with Crippen LogP contribution in [0.2, 0.25) is 0 Å². The molecule has 0 unspecified atom stereocenters. The van der Waals surface area contributed by atoms with Crippen LogP contribution in [0.3, 0.4) is 0 Å². The summed E-state index contributed by atoms with van der Waals surface area (Å²) >= 11 is 0. The Bertz CT molecular complexity index is 652. The van der Waals surface area contributed by atoms with Crippen LogP contribution in [0.25, 0.3) is 0 Å². The Morgan fingerprint density at radius 1 is 1.15 bits per heavy atom. The molecule has 2 heterocycles. The number of ether oxygens (including phenoxy) is 1. The number of para-hydroxylation sites is 2. The zero-order valence-corrected chi connectivity index (χ0v) is 16.4. The second-order valence-electron chi connectivity index (χ2n) is 7.58. The van der Waals surface area contributed by atoms with Gasteiger partial charge in [0.05, 0.1) is 12.8 Å². The maximum Gasteiger partial charge on any atom is 0.282 e. The van der Waals surface area contributed by atoms with E-state index in [0.717, 1.165) is 52.1 Å². The number of benzene rings is 1. The molecule has 0 bridgehead atoms. The van der Waals surface area contributed by atoms with Gasteiger partial charge >= 0.3 is 0 Å². The van der Waals surface area contributed by atoms with Crippen LogP contribution in [0.4, 0.5) is 5.69 Å². The van der Waals surface area contributed by atoms with Gasteiger partial charge in [-0.15, -0.1) is 0 Å². The number of anilines is 1. The van der Waals surface area contributed by atoms with E-state index >= 15 is 0 Å². The fourth-order valence-corrected chi connectivity index (χ4v) is 4.00. The van der Waals surface area contributed by atoms with Crippen LogP contribution in [0.5, 0.6) is 5.75 Å². The van der Waals surface area contributed by atoms with Gasteiger partial charge in [0.25, 0.3) is 11.8 Å². The first-order valence-corrected chi connectivity index (χ1v) is 9.98. The number of nitrogens with one attached hydrogen (secondary N) is 3. The maximum atomic E-state index is 12.7. The lowest BCUT2D eigenvalue weighted by molar-refractivity contribution is -1.01. The molecule has 0 aliphatic carbocycles. The monoisotopic (exact) mass is 376 g/mol. The van der Waals surface area contributed by atoms with E-state index in [-0.39, 0.29) is 17.9 Å². The molecular weight excluding hydrogens is 344 g/mol.